The number of ether oxygens (including phenoxy) is 1. The molecule has 4 atom stereocenters. The smallest absolute Gasteiger partial charge is 0.249 e. The van der Waals surface area contributed by atoms with Crippen LogP contribution in [0.4, 0.5) is 26.0 Å². The van der Waals surface area contributed by atoms with Crippen LogP contribution in [0.15, 0.2) is 48.4 Å². The molecule has 5 N–H and O–H groups in total. The highest BCUT2D eigenvalue weighted by atomic mass is 19.1. The molecule has 2 aromatic rings. The Morgan fingerprint density at radius 1 is 1.05 bits per heavy atom. The lowest BCUT2D eigenvalue weighted by atomic mass is 9.62. The van der Waals surface area contributed by atoms with Crippen molar-refractivity contribution in [2.24, 2.45) is 11.1 Å². The van der Waals surface area contributed by atoms with Crippen LogP contribution in [0.25, 0.3) is 0 Å². The van der Waals surface area contributed by atoms with E-state index in [0.29, 0.717) is 86.1 Å². The molecule has 17 heteroatoms. The van der Waals surface area contributed by atoms with Crippen molar-refractivity contribution in [1.82, 2.24) is 25.5 Å². The van der Waals surface area contributed by atoms with Crippen molar-refractivity contribution in [3.63, 3.8) is 0 Å². The molecule has 356 valence electrons. The Morgan fingerprint density at radius 3 is 2.42 bits per heavy atom. The fraction of sp³-hybridized carbons (Fsp3) is 0.633. The molecule has 66 heavy (non-hydrogen) atoms. The van der Waals surface area contributed by atoms with Crippen LogP contribution in [0.1, 0.15) is 120 Å². The normalized spacial score (nSPS) is 28.5. The number of aliphatic hydroxyl groups is 1. The van der Waals surface area contributed by atoms with Gasteiger partial charge in [0.05, 0.1) is 24.9 Å². The number of rotatable bonds is 12. The van der Waals surface area contributed by atoms with E-state index < -0.39 is 46.2 Å². The SMILES string of the molecule is CCC1C(=O)N(C)c2cnc(C3C(OC)=CC=CC3(N)C(=O)NC3(CCO)CCC4(CC3)CN(CC3(F)CCN(c5ccc(C6CCC(=O)NC6=O)cc5F)CC3)C4)nc2N1C1CCCC1. The Morgan fingerprint density at radius 2 is 1.77 bits per heavy atom. The number of amides is 4. The first-order chi connectivity index (χ1) is 31.6. The summed E-state index contributed by atoms with van der Waals surface area (Å²) in [5.41, 5.74) is 4.96. The average molecular weight is 914 g/mol. The molecule has 9 rings (SSSR count). The van der Waals surface area contributed by atoms with Crippen LogP contribution in [-0.4, -0.2) is 126 Å². The van der Waals surface area contributed by atoms with E-state index in [1.54, 1.807) is 48.5 Å². The Hall–Kier alpha value is -5.00. The molecule has 5 heterocycles. The number of likely N-dealkylation sites (N-methyl/N-ethyl adjacent to an activating group) is 1. The molecule has 4 aliphatic heterocycles. The maximum Gasteiger partial charge on any atom is 0.249 e. The highest BCUT2D eigenvalue weighted by molar-refractivity contribution is 6.04. The molecule has 4 unspecified atom stereocenters. The predicted octanol–water partition coefficient (Wildman–Crippen LogP) is 4.64. The average Bonchev–Trinajstić information content (AvgIpc) is 3.83. The summed E-state index contributed by atoms with van der Waals surface area (Å²) in [5.74, 6) is -1.64. The van der Waals surface area contributed by atoms with Gasteiger partial charge in [-0.2, -0.15) is 0 Å². The zero-order chi connectivity index (χ0) is 46.6. The van der Waals surface area contributed by atoms with Crippen LogP contribution in [0.5, 0.6) is 0 Å². The molecule has 4 amide bonds. The fourth-order valence-corrected chi connectivity index (χ4v) is 12.3. The van der Waals surface area contributed by atoms with Crippen LogP contribution in [0.2, 0.25) is 0 Å². The van der Waals surface area contributed by atoms with Crippen LogP contribution in [-0.2, 0) is 23.9 Å². The fourth-order valence-electron chi connectivity index (χ4n) is 12.3. The summed E-state index contributed by atoms with van der Waals surface area (Å²) >= 11 is 0. The molecule has 1 aromatic carbocycles. The summed E-state index contributed by atoms with van der Waals surface area (Å²) in [6, 6.07) is 4.55. The first kappa shape index (κ1) is 46.1. The summed E-state index contributed by atoms with van der Waals surface area (Å²) in [6.07, 6.45) is 15.8. The molecule has 0 bridgehead atoms. The number of hydrogen-bond acceptors (Lipinski definition) is 12. The number of halogens is 2. The summed E-state index contributed by atoms with van der Waals surface area (Å²) in [6.45, 7) is 4.40. The first-order valence-corrected chi connectivity index (χ1v) is 24.0. The number of carbonyl (C=O) groups excluding carboxylic acids is 4. The molecule has 3 aliphatic carbocycles. The number of methoxy groups -OCH3 is 1. The van der Waals surface area contributed by atoms with Crippen molar-refractivity contribution in [3.8, 4) is 0 Å². The molecule has 3 saturated heterocycles. The number of carbonyl (C=O) groups is 4. The highest BCUT2D eigenvalue weighted by Gasteiger charge is 2.54. The van der Waals surface area contributed by atoms with Gasteiger partial charge in [-0.25, -0.2) is 18.7 Å². The molecular weight excluding hydrogens is 849 g/mol. The Balaban J connectivity index is 0.835. The van der Waals surface area contributed by atoms with Gasteiger partial charge in [0.15, 0.2) is 5.82 Å². The van der Waals surface area contributed by atoms with E-state index in [1.807, 2.05) is 11.8 Å². The van der Waals surface area contributed by atoms with Crippen LogP contribution in [0, 0.1) is 11.2 Å². The molecule has 15 nitrogen and oxygen atoms in total. The van der Waals surface area contributed by atoms with E-state index in [9.17, 15) is 24.3 Å². The van der Waals surface area contributed by atoms with Gasteiger partial charge in [-0.05, 0) is 87.0 Å². The number of piperidine rings is 2. The molecule has 1 aromatic heterocycles. The van der Waals surface area contributed by atoms with Gasteiger partial charge in [0, 0.05) is 77.2 Å². The number of aromatic nitrogens is 2. The number of anilines is 3. The molecule has 5 fully saturated rings. The van der Waals surface area contributed by atoms with Crippen molar-refractivity contribution < 1.29 is 37.8 Å². The number of nitrogens with one attached hydrogen (secondary N) is 2. The van der Waals surface area contributed by atoms with E-state index in [1.165, 1.54) is 13.2 Å². The van der Waals surface area contributed by atoms with Gasteiger partial charge < -0.3 is 35.6 Å². The number of imide groups is 1. The zero-order valence-electron chi connectivity index (χ0n) is 38.5. The maximum absolute atomic E-state index is 16.4. The quantitative estimate of drug-likeness (QED) is 0.217. The van der Waals surface area contributed by atoms with Crippen molar-refractivity contribution in [3.05, 3.63) is 65.6 Å². The van der Waals surface area contributed by atoms with Gasteiger partial charge in [-0.1, -0.05) is 38.0 Å². The van der Waals surface area contributed by atoms with E-state index in [2.05, 4.69) is 20.4 Å². The topological polar surface area (TPSA) is 187 Å². The van der Waals surface area contributed by atoms with Gasteiger partial charge in [0.25, 0.3) is 0 Å². The third-order valence-corrected chi connectivity index (χ3v) is 16.2. The number of nitrogens with zero attached hydrogens (tertiary/aromatic N) is 6. The molecule has 1 spiro atoms. The summed E-state index contributed by atoms with van der Waals surface area (Å²) in [7, 11) is 3.29. The summed E-state index contributed by atoms with van der Waals surface area (Å²) in [4.78, 5) is 70.1. The van der Waals surface area contributed by atoms with Crippen molar-refractivity contribution in [2.75, 3.05) is 68.2 Å². The molecule has 0 radical (unpaired) electrons. The lowest BCUT2D eigenvalue weighted by Gasteiger charge is -2.57. The van der Waals surface area contributed by atoms with Gasteiger partial charge in [-0.3, -0.25) is 29.4 Å². The van der Waals surface area contributed by atoms with E-state index in [-0.39, 0.29) is 55.2 Å². The van der Waals surface area contributed by atoms with Gasteiger partial charge >= 0.3 is 0 Å². The predicted molar refractivity (Wildman–Crippen MR) is 245 cm³/mol. The van der Waals surface area contributed by atoms with E-state index in [0.717, 1.165) is 51.6 Å². The number of aliphatic hydroxyl groups excluding tert-OH is 1. The van der Waals surface area contributed by atoms with Crippen LogP contribution < -0.4 is 31.1 Å². The number of allylic oxidation sites excluding steroid dienone is 2. The number of alkyl halides is 1. The minimum atomic E-state index is -1.64. The molecular formula is C49H65F2N9O6. The Bertz CT molecular complexity index is 2280. The summed E-state index contributed by atoms with van der Waals surface area (Å²) < 4.78 is 37.7. The minimum absolute atomic E-state index is 0.00793. The standard InChI is InChI=1S/C49H65F2N9O6/c1-4-35-44(64)57(2)37-27-53-41(55-42(37)60(35)32-8-5-6-9-32)40-38(66-3)10-7-15-49(40,52)45(65)56-48(22-25-61)18-16-46(17-19-48)28-58(29-46)30-47(51)20-23-59(24-21-47)36-13-11-31(26-34(36)50)33-12-14-39(62)54-43(33)63/h7,10-11,13,15,26-27,32-33,35,40,61H,4-6,8-9,12,14,16-25,28-30,52H2,1-3H3,(H,56,65)(H,54,62,63). The minimum Gasteiger partial charge on any atom is -0.500 e. The first-order valence-electron chi connectivity index (χ1n) is 24.0. The number of hydrogen-bond donors (Lipinski definition) is 4. The van der Waals surface area contributed by atoms with E-state index >= 15 is 8.78 Å². The van der Waals surface area contributed by atoms with E-state index in [4.69, 9.17) is 20.4 Å². The number of fused-ring (bicyclic) bond motifs is 1. The maximum atomic E-state index is 16.4. The lowest BCUT2D eigenvalue weighted by molar-refractivity contribution is -0.134. The second kappa shape index (κ2) is 17.9. The van der Waals surface area contributed by atoms with Gasteiger partial charge in [0.1, 0.15) is 46.3 Å². The van der Waals surface area contributed by atoms with Crippen LogP contribution >= 0.6 is 0 Å². The Kier molecular flexibility index (Phi) is 12.5. The zero-order valence-corrected chi connectivity index (χ0v) is 38.5. The number of benzene rings is 1. The number of likely N-dealkylation sites (tertiary alicyclic amines) is 1. The van der Waals surface area contributed by atoms with Crippen LogP contribution in [0.3, 0.4) is 0 Å². The van der Waals surface area contributed by atoms with Gasteiger partial charge in [0.2, 0.25) is 23.6 Å². The van der Waals surface area contributed by atoms with Crippen molar-refractivity contribution in [2.45, 2.75) is 137 Å². The third-order valence-electron chi connectivity index (χ3n) is 16.2. The lowest BCUT2D eigenvalue weighted by Crippen LogP contribution is -2.67. The van der Waals surface area contributed by atoms with Gasteiger partial charge in [-0.15, -0.1) is 0 Å². The Labute approximate surface area is 385 Å². The second-order valence-electron chi connectivity index (χ2n) is 20.3. The third kappa shape index (κ3) is 8.37. The number of nitrogens with two attached hydrogens (primary N) is 1. The molecule has 7 aliphatic rings. The molecule has 2 saturated carbocycles. The van der Waals surface area contributed by atoms with Crippen molar-refractivity contribution in [1.29, 1.82) is 0 Å². The monoisotopic (exact) mass is 914 g/mol. The summed E-state index contributed by atoms with van der Waals surface area (Å²) in [5, 5.41) is 16.0. The van der Waals surface area contributed by atoms with Crippen molar-refractivity contribution >= 4 is 40.8 Å². The highest BCUT2D eigenvalue weighted by Crippen LogP contribution is 2.50. The second-order valence-corrected chi connectivity index (χ2v) is 20.3. The largest absolute Gasteiger partial charge is 0.500 e.